The van der Waals surface area contributed by atoms with Gasteiger partial charge < -0.3 is 0 Å². The Morgan fingerprint density at radius 3 is 2.46 bits per heavy atom. The fourth-order valence-corrected chi connectivity index (χ4v) is 4.13. The molecule has 8 nitrogen and oxygen atoms in total. The normalized spacial score (nSPS) is 11.7. The number of benzene rings is 1. The van der Waals surface area contributed by atoms with Crippen LogP contribution in [0.2, 0.25) is 0 Å². The van der Waals surface area contributed by atoms with E-state index < -0.39 is 10.0 Å². The molecule has 1 N–H and O–H groups in total. The maximum absolute atomic E-state index is 12.8. The van der Waals surface area contributed by atoms with E-state index in [0.29, 0.717) is 22.8 Å². The molecule has 0 spiro atoms. The summed E-state index contributed by atoms with van der Waals surface area (Å²) in [5, 5.41) is 11.8. The fraction of sp³-hybridized carbons (Fsp3) is 0.214. The summed E-state index contributed by atoms with van der Waals surface area (Å²) in [7, 11) is -2.02. The maximum atomic E-state index is 12.8. The van der Waals surface area contributed by atoms with Gasteiger partial charge in [-0.3, -0.25) is 14.0 Å². The van der Waals surface area contributed by atoms with E-state index in [-0.39, 0.29) is 4.90 Å². The molecule has 0 aliphatic carbocycles. The summed E-state index contributed by atoms with van der Waals surface area (Å²) < 4.78 is 32.2. The minimum Gasteiger partial charge on any atom is -0.274 e. The first-order valence-corrected chi connectivity index (χ1v) is 9.25. The van der Waals surface area contributed by atoms with Crippen LogP contribution in [0.1, 0.15) is 11.3 Å². The molecule has 126 valence electrons. The SMILES string of the molecule is Cc1cc(Br)ccc1S(=O)(=O)Nc1c(-n2cnnc2)nn(C)c1C. The van der Waals surface area contributed by atoms with Gasteiger partial charge >= 0.3 is 0 Å². The molecule has 0 fully saturated rings. The highest BCUT2D eigenvalue weighted by Gasteiger charge is 2.23. The van der Waals surface area contributed by atoms with Crippen molar-refractivity contribution in [2.75, 3.05) is 4.72 Å². The van der Waals surface area contributed by atoms with Crippen molar-refractivity contribution in [1.82, 2.24) is 24.5 Å². The largest absolute Gasteiger partial charge is 0.274 e. The van der Waals surface area contributed by atoms with Crippen LogP contribution in [0.25, 0.3) is 5.82 Å². The van der Waals surface area contributed by atoms with Crippen molar-refractivity contribution in [2.24, 2.45) is 7.05 Å². The van der Waals surface area contributed by atoms with Gasteiger partial charge in [0.15, 0.2) is 5.82 Å². The summed E-state index contributed by atoms with van der Waals surface area (Å²) in [6.07, 6.45) is 2.93. The standard InChI is InChI=1S/C14H15BrN6O2S/c1-9-6-11(15)4-5-12(9)24(22,23)19-13-10(2)20(3)18-14(13)21-7-16-17-8-21/h4-8,19H,1-3H3. The molecular formula is C14H15BrN6O2S. The van der Waals surface area contributed by atoms with E-state index >= 15 is 0 Å². The van der Waals surface area contributed by atoms with Gasteiger partial charge in [-0.25, -0.2) is 8.42 Å². The monoisotopic (exact) mass is 410 g/mol. The Morgan fingerprint density at radius 1 is 1.17 bits per heavy atom. The van der Waals surface area contributed by atoms with Gasteiger partial charge in [-0.15, -0.1) is 10.2 Å². The molecule has 1 aromatic carbocycles. The maximum Gasteiger partial charge on any atom is 0.262 e. The lowest BCUT2D eigenvalue weighted by Gasteiger charge is -2.11. The third-order valence-electron chi connectivity index (χ3n) is 3.64. The van der Waals surface area contributed by atoms with Gasteiger partial charge in [0.1, 0.15) is 18.3 Å². The highest BCUT2D eigenvalue weighted by atomic mass is 79.9. The smallest absolute Gasteiger partial charge is 0.262 e. The number of hydrogen-bond acceptors (Lipinski definition) is 5. The molecule has 0 unspecified atom stereocenters. The van der Waals surface area contributed by atoms with Crippen LogP contribution in [-0.2, 0) is 17.1 Å². The number of nitrogens with zero attached hydrogens (tertiary/aromatic N) is 5. The van der Waals surface area contributed by atoms with Gasteiger partial charge in [0.2, 0.25) is 0 Å². The molecule has 0 aliphatic heterocycles. The number of halogens is 1. The van der Waals surface area contributed by atoms with Gasteiger partial charge in [-0.1, -0.05) is 15.9 Å². The molecule has 0 aliphatic rings. The third-order valence-corrected chi connectivity index (χ3v) is 5.64. The average molecular weight is 411 g/mol. The first-order chi connectivity index (χ1) is 11.3. The van der Waals surface area contributed by atoms with Gasteiger partial charge in [-0.2, -0.15) is 5.10 Å². The average Bonchev–Trinajstić information content (AvgIpc) is 3.11. The Balaban J connectivity index is 2.08. The van der Waals surface area contributed by atoms with Gasteiger partial charge in [-0.05, 0) is 37.6 Å². The van der Waals surface area contributed by atoms with Crippen LogP contribution in [0.5, 0.6) is 0 Å². The number of hydrogen-bond donors (Lipinski definition) is 1. The number of aryl methyl sites for hydroxylation is 2. The highest BCUT2D eigenvalue weighted by molar-refractivity contribution is 9.10. The van der Waals surface area contributed by atoms with Crippen molar-refractivity contribution in [3.05, 3.63) is 46.6 Å². The molecule has 2 heterocycles. The number of nitrogens with one attached hydrogen (secondary N) is 1. The predicted molar refractivity (Wildman–Crippen MR) is 92.5 cm³/mol. The summed E-state index contributed by atoms with van der Waals surface area (Å²) >= 11 is 3.34. The summed E-state index contributed by atoms with van der Waals surface area (Å²) in [4.78, 5) is 0.212. The van der Waals surface area contributed by atoms with Crippen LogP contribution in [0, 0.1) is 13.8 Å². The summed E-state index contributed by atoms with van der Waals surface area (Å²) in [5.41, 5.74) is 1.71. The van der Waals surface area contributed by atoms with Crippen molar-refractivity contribution in [3.63, 3.8) is 0 Å². The molecular weight excluding hydrogens is 396 g/mol. The van der Waals surface area contributed by atoms with E-state index in [1.54, 1.807) is 48.3 Å². The minimum atomic E-state index is -3.76. The second-order valence-corrected chi connectivity index (χ2v) is 7.86. The lowest BCUT2D eigenvalue weighted by atomic mass is 10.2. The van der Waals surface area contributed by atoms with E-state index in [2.05, 4.69) is 35.9 Å². The molecule has 24 heavy (non-hydrogen) atoms. The van der Waals surface area contributed by atoms with Crippen LogP contribution >= 0.6 is 15.9 Å². The fourth-order valence-electron chi connectivity index (χ4n) is 2.30. The van der Waals surface area contributed by atoms with E-state index in [0.717, 1.165) is 4.47 Å². The third kappa shape index (κ3) is 2.94. The summed E-state index contributed by atoms with van der Waals surface area (Å²) in [5.74, 6) is 0.415. The number of aromatic nitrogens is 5. The number of anilines is 1. The second kappa shape index (κ2) is 6.02. The van der Waals surface area contributed by atoms with E-state index in [4.69, 9.17) is 0 Å². The van der Waals surface area contributed by atoms with Crippen LogP contribution < -0.4 is 4.72 Å². The quantitative estimate of drug-likeness (QED) is 0.710. The molecule has 0 saturated carbocycles. The summed E-state index contributed by atoms with van der Waals surface area (Å²) in [6, 6.07) is 5.01. The predicted octanol–water partition coefficient (Wildman–Crippen LogP) is 2.18. The minimum absolute atomic E-state index is 0.212. The van der Waals surface area contributed by atoms with Gasteiger partial charge in [0.05, 0.1) is 10.6 Å². The van der Waals surface area contributed by atoms with Crippen molar-refractivity contribution in [2.45, 2.75) is 18.7 Å². The molecule has 3 rings (SSSR count). The van der Waals surface area contributed by atoms with E-state index in [1.807, 2.05) is 0 Å². The van der Waals surface area contributed by atoms with Crippen molar-refractivity contribution >= 4 is 31.6 Å². The molecule has 3 aromatic rings. The van der Waals surface area contributed by atoms with Gasteiger partial charge in [0.25, 0.3) is 10.0 Å². The van der Waals surface area contributed by atoms with Crippen molar-refractivity contribution in [3.8, 4) is 5.82 Å². The first kappa shape index (κ1) is 16.7. The Bertz CT molecular complexity index is 995. The van der Waals surface area contributed by atoms with Gasteiger partial charge in [0, 0.05) is 11.5 Å². The Kier molecular flexibility index (Phi) is 4.18. The highest BCUT2D eigenvalue weighted by Crippen LogP contribution is 2.28. The Hall–Kier alpha value is -2.20. The molecule has 0 amide bonds. The van der Waals surface area contributed by atoms with Crippen LogP contribution in [0.4, 0.5) is 5.69 Å². The molecule has 0 radical (unpaired) electrons. The molecule has 2 aromatic heterocycles. The molecule has 0 atom stereocenters. The lowest BCUT2D eigenvalue weighted by molar-refractivity contribution is 0.600. The molecule has 0 bridgehead atoms. The first-order valence-electron chi connectivity index (χ1n) is 6.97. The van der Waals surface area contributed by atoms with Crippen LogP contribution in [0.15, 0.2) is 40.2 Å². The Morgan fingerprint density at radius 2 is 1.83 bits per heavy atom. The van der Waals surface area contributed by atoms with Crippen molar-refractivity contribution in [1.29, 1.82) is 0 Å². The summed E-state index contributed by atoms with van der Waals surface area (Å²) in [6.45, 7) is 3.53. The topological polar surface area (TPSA) is 94.7 Å². The Labute approximate surface area is 147 Å². The van der Waals surface area contributed by atoms with E-state index in [1.165, 1.54) is 12.7 Å². The molecule has 0 saturated heterocycles. The molecule has 10 heteroatoms. The zero-order chi connectivity index (χ0) is 17.5. The van der Waals surface area contributed by atoms with Crippen LogP contribution in [0.3, 0.4) is 0 Å². The number of sulfonamides is 1. The van der Waals surface area contributed by atoms with Crippen molar-refractivity contribution < 1.29 is 8.42 Å². The number of rotatable bonds is 4. The van der Waals surface area contributed by atoms with E-state index in [9.17, 15) is 8.42 Å². The zero-order valence-corrected chi connectivity index (χ0v) is 15.6. The lowest BCUT2D eigenvalue weighted by Crippen LogP contribution is -2.16. The second-order valence-electron chi connectivity index (χ2n) is 5.29. The van der Waals surface area contributed by atoms with Crippen LogP contribution in [-0.4, -0.2) is 33.0 Å². The zero-order valence-electron chi connectivity index (χ0n) is 13.2.